The number of hydrogen-bond acceptors (Lipinski definition) is 6. The van der Waals surface area contributed by atoms with Crippen molar-refractivity contribution in [2.24, 2.45) is 5.73 Å². The molecule has 2 aromatic rings. The van der Waals surface area contributed by atoms with Gasteiger partial charge in [0.15, 0.2) is 0 Å². The molecule has 0 aliphatic carbocycles. The van der Waals surface area contributed by atoms with Gasteiger partial charge in [-0.1, -0.05) is 12.1 Å². The third-order valence-corrected chi connectivity index (χ3v) is 6.79. The van der Waals surface area contributed by atoms with E-state index in [-0.39, 0.29) is 34.6 Å². The summed E-state index contributed by atoms with van der Waals surface area (Å²) in [4.78, 5) is 14.3. The standard InChI is InChI=1S/C19H24N4O4S/c1-28(26,27)15-7-9-22(10-8-15)14-4-2-3-13(11-14)12-23-17(24)6-5-16(18(20)21)19(23)25/h2-6,11,15,25H,7-10,12H2,1H3,(H3,20,21). The van der Waals surface area contributed by atoms with Crippen molar-refractivity contribution in [1.82, 2.24) is 4.57 Å². The van der Waals surface area contributed by atoms with E-state index in [0.717, 1.165) is 11.3 Å². The van der Waals surface area contributed by atoms with Gasteiger partial charge in [-0.15, -0.1) is 0 Å². The van der Waals surface area contributed by atoms with Crippen molar-refractivity contribution in [1.29, 1.82) is 5.41 Å². The summed E-state index contributed by atoms with van der Waals surface area (Å²) in [5.41, 5.74) is 6.92. The number of aromatic hydroxyl groups is 1. The average molecular weight is 404 g/mol. The highest BCUT2D eigenvalue weighted by molar-refractivity contribution is 7.91. The molecule has 0 unspecified atom stereocenters. The van der Waals surface area contributed by atoms with Crippen molar-refractivity contribution in [2.45, 2.75) is 24.6 Å². The van der Waals surface area contributed by atoms with Gasteiger partial charge in [0.05, 0.1) is 17.4 Å². The van der Waals surface area contributed by atoms with Gasteiger partial charge in [-0.2, -0.15) is 0 Å². The van der Waals surface area contributed by atoms with E-state index in [0.29, 0.717) is 25.9 Å². The van der Waals surface area contributed by atoms with Crippen LogP contribution in [0.3, 0.4) is 0 Å². The number of rotatable bonds is 5. The van der Waals surface area contributed by atoms with E-state index in [4.69, 9.17) is 11.1 Å². The summed E-state index contributed by atoms with van der Waals surface area (Å²) < 4.78 is 24.6. The first-order valence-corrected chi connectivity index (χ1v) is 10.9. The van der Waals surface area contributed by atoms with Crippen molar-refractivity contribution in [3.63, 3.8) is 0 Å². The van der Waals surface area contributed by atoms with E-state index in [9.17, 15) is 18.3 Å². The zero-order valence-electron chi connectivity index (χ0n) is 15.6. The molecule has 0 bridgehead atoms. The van der Waals surface area contributed by atoms with Gasteiger partial charge >= 0.3 is 0 Å². The topological polar surface area (TPSA) is 129 Å². The van der Waals surface area contributed by atoms with E-state index in [1.54, 1.807) is 0 Å². The maximum atomic E-state index is 12.2. The summed E-state index contributed by atoms with van der Waals surface area (Å²) in [6, 6.07) is 10.2. The summed E-state index contributed by atoms with van der Waals surface area (Å²) in [5.74, 6) is -0.645. The Labute approximate surface area is 163 Å². The maximum Gasteiger partial charge on any atom is 0.253 e. The van der Waals surface area contributed by atoms with Crippen LogP contribution in [0.25, 0.3) is 0 Å². The monoisotopic (exact) mass is 404 g/mol. The average Bonchev–Trinajstić information content (AvgIpc) is 2.64. The molecule has 9 heteroatoms. The van der Waals surface area contributed by atoms with Crippen LogP contribution in [0.15, 0.2) is 41.2 Å². The summed E-state index contributed by atoms with van der Waals surface area (Å²) in [6.07, 6.45) is 2.46. The third kappa shape index (κ3) is 4.19. The first-order valence-electron chi connectivity index (χ1n) is 8.97. The molecule has 0 radical (unpaired) electrons. The Morgan fingerprint density at radius 1 is 1.25 bits per heavy atom. The minimum absolute atomic E-state index is 0.110. The molecule has 150 valence electrons. The molecule has 0 amide bonds. The Bertz CT molecular complexity index is 1050. The molecule has 28 heavy (non-hydrogen) atoms. The molecule has 8 nitrogen and oxygen atoms in total. The number of nitrogens with two attached hydrogens (primary N) is 1. The molecule has 3 rings (SSSR count). The maximum absolute atomic E-state index is 12.2. The predicted octanol–water partition coefficient (Wildman–Crippen LogP) is 0.900. The highest BCUT2D eigenvalue weighted by Gasteiger charge is 2.26. The van der Waals surface area contributed by atoms with Crippen LogP contribution in [0.5, 0.6) is 5.88 Å². The van der Waals surface area contributed by atoms with Gasteiger partial charge < -0.3 is 15.7 Å². The van der Waals surface area contributed by atoms with Crippen LogP contribution >= 0.6 is 0 Å². The van der Waals surface area contributed by atoms with E-state index >= 15 is 0 Å². The van der Waals surface area contributed by atoms with Gasteiger partial charge in [-0.25, -0.2) is 8.42 Å². The minimum atomic E-state index is -3.02. The highest BCUT2D eigenvalue weighted by Crippen LogP contribution is 2.24. The summed E-state index contributed by atoms with van der Waals surface area (Å²) in [7, 11) is -3.02. The molecule has 0 saturated carbocycles. The van der Waals surface area contributed by atoms with E-state index < -0.39 is 9.84 Å². The molecule has 1 aliphatic heterocycles. The molecule has 0 spiro atoms. The number of anilines is 1. The smallest absolute Gasteiger partial charge is 0.253 e. The van der Waals surface area contributed by atoms with Crippen LogP contribution < -0.4 is 16.2 Å². The number of piperidine rings is 1. The molecule has 1 saturated heterocycles. The first-order chi connectivity index (χ1) is 13.2. The number of sulfone groups is 1. The zero-order chi connectivity index (χ0) is 20.5. The van der Waals surface area contributed by atoms with Gasteiger partial charge in [0.2, 0.25) is 5.88 Å². The number of nitrogens with zero attached hydrogens (tertiary/aromatic N) is 2. The van der Waals surface area contributed by atoms with E-state index in [1.807, 2.05) is 24.3 Å². The molecule has 0 atom stereocenters. The number of nitrogens with one attached hydrogen (secondary N) is 1. The minimum Gasteiger partial charge on any atom is -0.494 e. The van der Waals surface area contributed by atoms with Gasteiger partial charge in [-0.05, 0) is 36.6 Å². The fraction of sp³-hybridized carbons (Fsp3) is 0.368. The normalized spacial score (nSPS) is 15.5. The van der Waals surface area contributed by atoms with Crippen molar-refractivity contribution in [3.05, 3.63) is 57.9 Å². The van der Waals surface area contributed by atoms with Gasteiger partial charge in [0, 0.05) is 31.1 Å². The lowest BCUT2D eigenvalue weighted by molar-refractivity contribution is 0.413. The molecule has 1 aromatic carbocycles. The molecule has 1 fully saturated rings. The van der Waals surface area contributed by atoms with Crippen LogP contribution in [0.1, 0.15) is 24.0 Å². The van der Waals surface area contributed by atoms with Crippen LogP contribution in [0.2, 0.25) is 0 Å². The number of nitrogen functional groups attached to an aromatic ring is 1. The van der Waals surface area contributed by atoms with Crippen LogP contribution in [-0.4, -0.2) is 48.5 Å². The summed E-state index contributed by atoms with van der Waals surface area (Å²) in [5, 5.41) is 17.5. The second-order valence-corrected chi connectivity index (χ2v) is 9.42. The lowest BCUT2D eigenvalue weighted by Gasteiger charge is -2.33. The Hall–Kier alpha value is -2.81. The molecule has 1 aliphatic rings. The summed E-state index contributed by atoms with van der Waals surface area (Å²) >= 11 is 0. The van der Waals surface area contributed by atoms with Gasteiger partial charge in [-0.3, -0.25) is 14.8 Å². The van der Waals surface area contributed by atoms with Crippen LogP contribution in [0.4, 0.5) is 5.69 Å². The van der Waals surface area contributed by atoms with Crippen molar-refractivity contribution >= 4 is 21.4 Å². The molecule has 2 heterocycles. The van der Waals surface area contributed by atoms with Crippen molar-refractivity contribution in [3.8, 4) is 5.88 Å². The van der Waals surface area contributed by atoms with Gasteiger partial charge in [0.1, 0.15) is 15.7 Å². The molecule has 1 aromatic heterocycles. The second kappa shape index (κ2) is 7.67. The SMILES string of the molecule is CS(=O)(=O)C1CCN(c2cccc(Cn3c(O)c(C(=N)N)ccc3=O)c2)CC1. The Morgan fingerprint density at radius 2 is 1.93 bits per heavy atom. The van der Waals surface area contributed by atoms with Crippen molar-refractivity contribution in [2.75, 3.05) is 24.2 Å². The highest BCUT2D eigenvalue weighted by atomic mass is 32.2. The van der Waals surface area contributed by atoms with Crippen molar-refractivity contribution < 1.29 is 13.5 Å². The zero-order valence-corrected chi connectivity index (χ0v) is 16.4. The largest absolute Gasteiger partial charge is 0.494 e. The number of aromatic nitrogens is 1. The fourth-order valence-corrected chi connectivity index (χ4v) is 4.58. The Morgan fingerprint density at radius 3 is 2.54 bits per heavy atom. The van der Waals surface area contributed by atoms with E-state index in [1.165, 1.54) is 23.0 Å². The number of amidine groups is 1. The molecular weight excluding hydrogens is 380 g/mol. The Kier molecular flexibility index (Phi) is 5.46. The number of benzene rings is 1. The number of hydrogen-bond donors (Lipinski definition) is 3. The van der Waals surface area contributed by atoms with Gasteiger partial charge in [0.25, 0.3) is 5.56 Å². The first kappa shape index (κ1) is 19.9. The fourth-order valence-electron chi connectivity index (χ4n) is 3.51. The lowest BCUT2D eigenvalue weighted by atomic mass is 10.1. The van der Waals surface area contributed by atoms with E-state index in [2.05, 4.69) is 4.90 Å². The van der Waals surface area contributed by atoms with Crippen LogP contribution in [0, 0.1) is 5.41 Å². The number of pyridine rings is 1. The second-order valence-electron chi connectivity index (χ2n) is 7.09. The van der Waals surface area contributed by atoms with Crippen LogP contribution in [-0.2, 0) is 16.4 Å². The Balaban J connectivity index is 1.81. The molecular formula is C19H24N4O4S. The third-order valence-electron chi connectivity index (χ3n) is 5.11. The predicted molar refractivity (Wildman–Crippen MR) is 109 cm³/mol. The lowest BCUT2D eigenvalue weighted by Crippen LogP contribution is -2.39. The quantitative estimate of drug-likeness (QED) is 0.501. The summed E-state index contributed by atoms with van der Waals surface area (Å²) in [6.45, 7) is 1.43. The molecule has 4 N–H and O–H groups in total.